The third kappa shape index (κ3) is 5.32. The van der Waals surface area contributed by atoms with Gasteiger partial charge in [0.2, 0.25) is 0 Å². The van der Waals surface area contributed by atoms with E-state index in [1.165, 1.54) is 0 Å². The van der Waals surface area contributed by atoms with Gasteiger partial charge in [0, 0.05) is 23.5 Å². The number of hydrogen-bond donors (Lipinski definition) is 1. The maximum Gasteiger partial charge on any atom is 0.311 e. The number of phenols is 1. The maximum atomic E-state index is 12.5. The standard InChI is InChI=1S/C30H28O3/c1-21(2)20-29(32)33-28-15-9-7-13-26(28)30(25-12-6-8-14-27(25)31)24-18-16-23(17-19-24)22-10-4-3-5-11-22/h3-19,21,30-31H,20H2,1-2H3/t30-/m1/s1. The van der Waals surface area contributed by atoms with E-state index in [9.17, 15) is 9.90 Å². The van der Waals surface area contributed by atoms with E-state index in [1.807, 2.05) is 74.5 Å². The van der Waals surface area contributed by atoms with Crippen LogP contribution in [0.3, 0.4) is 0 Å². The summed E-state index contributed by atoms with van der Waals surface area (Å²) in [6.45, 7) is 3.98. The van der Waals surface area contributed by atoms with Crippen molar-refractivity contribution in [1.29, 1.82) is 0 Å². The van der Waals surface area contributed by atoms with E-state index < -0.39 is 0 Å². The highest BCUT2D eigenvalue weighted by Crippen LogP contribution is 2.41. The Morgan fingerprint density at radius 3 is 1.97 bits per heavy atom. The number of phenolic OH excluding ortho intramolecular Hbond substituents is 1. The molecule has 3 nitrogen and oxygen atoms in total. The Morgan fingerprint density at radius 2 is 1.30 bits per heavy atom. The minimum absolute atomic E-state index is 0.206. The molecule has 33 heavy (non-hydrogen) atoms. The van der Waals surface area contributed by atoms with Crippen molar-refractivity contribution >= 4 is 5.97 Å². The lowest BCUT2D eigenvalue weighted by atomic mass is 9.83. The first-order valence-corrected chi connectivity index (χ1v) is 11.3. The normalized spacial score (nSPS) is 11.8. The van der Waals surface area contributed by atoms with E-state index in [-0.39, 0.29) is 23.6 Å². The molecule has 0 bridgehead atoms. The smallest absolute Gasteiger partial charge is 0.311 e. The second-order valence-corrected chi connectivity index (χ2v) is 8.59. The van der Waals surface area contributed by atoms with Crippen molar-refractivity contribution in [3.05, 3.63) is 120 Å². The molecular formula is C30H28O3. The number of para-hydroxylation sites is 2. The van der Waals surface area contributed by atoms with Crippen molar-refractivity contribution in [2.45, 2.75) is 26.2 Å². The van der Waals surface area contributed by atoms with Crippen molar-refractivity contribution < 1.29 is 14.6 Å². The van der Waals surface area contributed by atoms with Crippen LogP contribution in [0.2, 0.25) is 0 Å². The van der Waals surface area contributed by atoms with Crippen molar-refractivity contribution in [1.82, 2.24) is 0 Å². The Kier molecular flexibility index (Phi) is 6.89. The van der Waals surface area contributed by atoms with Crippen LogP contribution in [0.1, 0.15) is 42.9 Å². The molecule has 1 atom stereocenters. The summed E-state index contributed by atoms with van der Waals surface area (Å²) in [5.74, 6) is 0.387. The van der Waals surface area contributed by atoms with Crippen molar-refractivity contribution in [3.8, 4) is 22.6 Å². The van der Waals surface area contributed by atoms with Crippen molar-refractivity contribution in [2.75, 3.05) is 0 Å². The molecule has 4 aromatic carbocycles. The second kappa shape index (κ2) is 10.2. The molecule has 0 amide bonds. The van der Waals surface area contributed by atoms with E-state index in [0.29, 0.717) is 12.2 Å². The molecule has 4 rings (SSSR count). The molecule has 0 aliphatic rings. The number of aromatic hydroxyl groups is 1. The first-order valence-electron chi connectivity index (χ1n) is 11.3. The summed E-state index contributed by atoms with van der Waals surface area (Å²) in [6, 6.07) is 33.4. The van der Waals surface area contributed by atoms with Crippen LogP contribution in [0.4, 0.5) is 0 Å². The van der Waals surface area contributed by atoms with Gasteiger partial charge in [0.1, 0.15) is 11.5 Å². The Bertz CT molecular complexity index is 1210. The summed E-state index contributed by atoms with van der Waals surface area (Å²) in [7, 11) is 0. The largest absolute Gasteiger partial charge is 0.508 e. The van der Waals surface area contributed by atoms with Gasteiger partial charge in [-0.15, -0.1) is 0 Å². The number of benzene rings is 4. The number of ether oxygens (including phenoxy) is 1. The minimum Gasteiger partial charge on any atom is -0.508 e. The first-order chi connectivity index (χ1) is 16.0. The lowest BCUT2D eigenvalue weighted by Gasteiger charge is -2.22. The van der Waals surface area contributed by atoms with Gasteiger partial charge >= 0.3 is 5.97 Å². The average Bonchev–Trinajstić information content (AvgIpc) is 2.82. The zero-order chi connectivity index (χ0) is 23.2. The van der Waals surface area contributed by atoms with Gasteiger partial charge in [0.15, 0.2) is 0 Å². The third-order valence-corrected chi connectivity index (χ3v) is 5.63. The number of carbonyl (C=O) groups is 1. The molecule has 0 aliphatic carbocycles. The molecule has 0 saturated heterocycles. The molecule has 0 aromatic heterocycles. The topological polar surface area (TPSA) is 46.5 Å². The van der Waals surface area contributed by atoms with Crippen molar-refractivity contribution in [2.24, 2.45) is 5.92 Å². The SMILES string of the molecule is CC(C)CC(=O)Oc1ccccc1[C@H](c1ccc(-c2ccccc2)cc1)c1ccccc1O. The van der Waals surface area contributed by atoms with Crippen molar-refractivity contribution in [3.63, 3.8) is 0 Å². The van der Waals surface area contributed by atoms with Gasteiger partial charge in [-0.05, 0) is 34.7 Å². The van der Waals surface area contributed by atoms with E-state index in [1.54, 1.807) is 6.07 Å². The number of hydrogen-bond acceptors (Lipinski definition) is 3. The highest BCUT2D eigenvalue weighted by Gasteiger charge is 2.24. The molecule has 0 fully saturated rings. The average molecular weight is 437 g/mol. The lowest BCUT2D eigenvalue weighted by Crippen LogP contribution is -2.13. The van der Waals surface area contributed by atoms with Gasteiger partial charge in [-0.1, -0.05) is 105 Å². The quantitative estimate of drug-likeness (QED) is 0.189. The van der Waals surface area contributed by atoms with E-state index >= 15 is 0 Å². The molecular weight excluding hydrogens is 408 g/mol. The molecule has 0 saturated carbocycles. The maximum absolute atomic E-state index is 12.5. The molecule has 3 heteroatoms. The Labute approximate surface area is 195 Å². The van der Waals surface area contributed by atoms with Crippen LogP contribution in [0, 0.1) is 5.92 Å². The molecule has 1 N–H and O–H groups in total. The molecule has 0 unspecified atom stereocenters. The van der Waals surface area contributed by atoms with Gasteiger partial charge in [-0.2, -0.15) is 0 Å². The van der Waals surface area contributed by atoms with Crippen LogP contribution < -0.4 is 4.74 Å². The van der Waals surface area contributed by atoms with Crippen LogP contribution in [-0.2, 0) is 4.79 Å². The van der Waals surface area contributed by atoms with E-state index in [4.69, 9.17) is 4.74 Å². The molecule has 0 radical (unpaired) electrons. The van der Waals surface area contributed by atoms with Crippen LogP contribution in [-0.4, -0.2) is 11.1 Å². The van der Waals surface area contributed by atoms with Crippen LogP contribution in [0.25, 0.3) is 11.1 Å². The molecule has 0 aliphatic heterocycles. The zero-order valence-electron chi connectivity index (χ0n) is 18.9. The highest BCUT2D eigenvalue weighted by atomic mass is 16.5. The van der Waals surface area contributed by atoms with Crippen LogP contribution in [0.5, 0.6) is 11.5 Å². The van der Waals surface area contributed by atoms with E-state index in [0.717, 1.165) is 27.8 Å². The fourth-order valence-electron chi connectivity index (χ4n) is 4.07. The Hall–Kier alpha value is -3.85. The fraction of sp³-hybridized carbons (Fsp3) is 0.167. The predicted molar refractivity (Wildman–Crippen MR) is 132 cm³/mol. The van der Waals surface area contributed by atoms with Crippen LogP contribution in [0.15, 0.2) is 103 Å². The minimum atomic E-state index is -0.293. The highest BCUT2D eigenvalue weighted by molar-refractivity contribution is 5.73. The number of carbonyl (C=O) groups excluding carboxylic acids is 1. The number of esters is 1. The third-order valence-electron chi connectivity index (χ3n) is 5.63. The van der Waals surface area contributed by atoms with Gasteiger partial charge in [-0.25, -0.2) is 0 Å². The van der Waals surface area contributed by atoms with Gasteiger partial charge in [0.05, 0.1) is 0 Å². The molecule has 4 aromatic rings. The number of rotatable bonds is 7. The molecule has 0 spiro atoms. The lowest BCUT2D eigenvalue weighted by molar-refractivity contribution is -0.135. The summed E-state index contributed by atoms with van der Waals surface area (Å²) < 4.78 is 5.79. The predicted octanol–water partition coefficient (Wildman–Crippen LogP) is 7.19. The summed E-state index contributed by atoms with van der Waals surface area (Å²) in [6.07, 6.45) is 0.349. The fourth-order valence-corrected chi connectivity index (χ4v) is 4.07. The molecule has 0 heterocycles. The Balaban J connectivity index is 1.78. The molecule has 166 valence electrons. The van der Waals surface area contributed by atoms with Gasteiger partial charge in [-0.3, -0.25) is 4.79 Å². The monoisotopic (exact) mass is 436 g/mol. The van der Waals surface area contributed by atoms with E-state index in [2.05, 4.69) is 36.4 Å². The Morgan fingerprint density at radius 1 is 0.727 bits per heavy atom. The zero-order valence-corrected chi connectivity index (χ0v) is 18.9. The second-order valence-electron chi connectivity index (χ2n) is 8.59. The summed E-state index contributed by atoms with van der Waals surface area (Å²) in [5, 5.41) is 10.7. The van der Waals surface area contributed by atoms with Gasteiger partial charge in [0.25, 0.3) is 0 Å². The van der Waals surface area contributed by atoms with Gasteiger partial charge < -0.3 is 9.84 Å². The van der Waals surface area contributed by atoms with Crippen LogP contribution >= 0.6 is 0 Å². The summed E-state index contributed by atoms with van der Waals surface area (Å²) >= 11 is 0. The first kappa shape index (κ1) is 22.3. The summed E-state index contributed by atoms with van der Waals surface area (Å²) in [5.41, 5.74) is 4.86. The summed E-state index contributed by atoms with van der Waals surface area (Å²) in [4.78, 5) is 12.5.